The summed E-state index contributed by atoms with van der Waals surface area (Å²) in [6.45, 7) is 0. The van der Waals surface area contributed by atoms with Crippen molar-refractivity contribution >= 4 is 56.5 Å². The van der Waals surface area contributed by atoms with Gasteiger partial charge in [-0.2, -0.15) is 0 Å². The zero-order valence-electron chi connectivity index (χ0n) is 10.7. The Bertz CT molecular complexity index is 766. The molecule has 1 aliphatic heterocycles. The highest BCUT2D eigenvalue weighted by Gasteiger charge is 2.24. The van der Waals surface area contributed by atoms with Crippen LogP contribution in [0.5, 0.6) is 0 Å². The first-order valence-corrected chi connectivity index (χ1v) is 8.03. The second kappa shape index (κ2) is 6.11. The van der Waals surface area contributed by atoms with Crippen LogP contribution in [0.4, 0.5) is 0 Å². The molecule has 0 aromatic heterocycles. The van der Waals surface area contributed by atoms with Crippen molar-refractivity contribution in [2.45, 2.75) is 0 Å². The van der Waals surface area contributed by atoms with Crippen LogP contribution in [0, 0.1) is 3.57 Å². The second-order valence-corrected chi connectivity index (χ2v) is 6.56. The molecule has 0 radical (unpaired) electrons. The Labute approximate surface area is 144 Å². The van der Waals surface area contributed by atoms with E-state index >= 15 is 0 Å². The normalized spacial score (nSPS) is 16.0. The van der Waals surface area contributed by atoms with Crippen molar-refractivity contribution in [3.63, 3.8) is 0 Å². The summed E-state index contributed by atoms with van der Waals surface area (Å²) in [5.41, 5.74) is 2.00. The molecule has 3 rings (SSSR count). The molecule has 104 valence electrons. The van der Waals surface area contributed by atoms with Gasteiger partial charge in [0.2, 0.25) is 5.90 Å². The number of ether oxygens (including phenoxy) is 1. The van der Waals surface area contributed by atoms with Crippen LogP contribution in [-0.2, 0) is 9.53 Å². The number of carbonyl (C=O) groups excluding carboxylic acids is 1. The predicted molar refractivity (Wildman–Crippen MR) is 93.9 cm³/mol. The lowest BCUT2D eigenvalue weighted by molar-refractivity contribution is -0.129. The SMILES string of the molecule is O=C1OC(c2cccc(Br)c2)=N/C1=C/c1ccc(I)cc1. The minimum absolute atomic E-state index is 0.311. The van der Waals surface area contributed by atoms with Crippen LogP contribution < -0.4 is 0 Å². The number of benzene rings is 2. The first kappa shape index (κ1) is 14.5. The Kier molecular flexibility index (Phi) is 4.21. The second-order valence-electron chi connectivity index (χ2n) is 4.40. The minimum atomic E-state index is -0.427. The van der Waals surface area contributed by atoms with E-state index in [9.17, 15) is 4.79 Å². The van der Waals surface area contributed by atoms with E-state index < -0.39 is 5.97 Å². The molecule has 2 aromatic carbocycles. The van der Waals surface area contributed by atoms with Gasteiger partial charge in [-0.3, -0.25) is 0 Å². The molecule has 21 heavy (non-hydrogen) atoms. The van der Waals surface area contributed by atoms with E-state index in [1.807, 2.05) is 48.5 Å². The molecule has 0 atom stereocenters. The quantitative estimate of drug-likeness (QED) is 0.384. The van der Waals surface area contributed by atoms with Crippen molar-refractivity contribution in [2.75, 3.05) is 0 Å². The number of hydrogen-bond donors (Lipinski definition) is 0. The number of carbonyl (C=O) groups is 1. The first-order valence-electron chi connectivity index (χ1n) is 6.16. The van der Waals surface area contributed by atoms with Gasteiger partial charge in [-0.15, -0.1) is 0 Å². The van der Waals surface area contributed by atoms with Gasteiger partial charge < -0.3 is 4.74 Å². The molecule has 0 unspecified atom stereocenters. The van der Waals surface area contributed by atoms with Gasteiger partial charge in [-0.1, -0.05) is 34.1 Å². The highest BCUT2D eigenvalue weighted by Crippen LogP contribution is 2.21. The molecule has 2 aromatic rings. The number of esters is 1. The Morgan fingerprint density at radius 1 is 1.14 bits per heavy atom. The third-order valence-corrected chi connectivity index (χ3v) is 4.08. The maximum absolute atomic E-state index is 11.9. The van der Waals surface area contributed by atoms with Crippen LogP contribution in [0.25, 0.3) is 6.08 Å². The maximum atomic E-state index is 11.9. The summed E-state index contributed by atoms with van der Waals surface area (Å²) < 4.78 is 7.28. The zero-order valence-corrected chi connectivity index (χ0v) is 14.5. The third kappa shape index (κ3) is 3.41. The Morgan fingerprint density at radius 3 is 2.62 bits per heavy atom. The fourth-order valence-corrected chi connectivity index (χ4v) is 2.63. The molecule has 1 aliphatic rings. The van der Waals surface area contributed by atoms with Gasteiger partial charge in [0.25, 0.3) is 0 Å². The van der Waals surface area contributed by atoms with Crippen molar-refractivity contribution in [3.05, 3.63) is 73.4 Å². The number of cyclic esters (lactones) is 1. The number of nitrogens with zero attached hydrogens (tertiary/aromatic N) is 1. The average molecular weight is 454 g/mol. The van der Waals surface area contributed by atoms with Crippen molar-refractivity contribution in [2.24, 2.45) is 4.99 Å². The van der Waals surface area contributed by atoms with E-state index in [2.05, 4.69) is 43.5 Å². The lowest BCUT2D eigenvalue weighted by Crippen LogP contribution is -2.05. The van der Waals surface area contributed by atoms with Gasteiger partial charge in [0.05, 0.1) is 0 Å². The van der Waals surface area contributed by atoms with Crippen LogP contribution in [0.3, 0.4) is 0 Å². The fraction of sp³-hybridized carbons (Fsp3) is 0. The van der Waals surface area contributed by atoms with Crippen LogP contribution in [0.2, 0.25) is 0 Å². The third-order valence-electron chi connectivity index (χ3n) is 2.87. The van der Waals surface area contributed by atoms with Crippen LogP contribution in [0.15, 0.2) is 63.7 Å². The van der Waals surface area contributed by atoms with E-state index in [-0.39, 0.29) is 0 Å². The smallest absolute Gasteiger partial charge is 0.363 e. The van der Waals surface area contributed by atoms with E-state index in [0.29, 0.717) is 11.6 Å². The van der Waals surface area contributed by atoms with Crippen molar-refractivity contribution in [1.29, 1.82) is 0 Å². The summed E-state index contributed by atoms with van der Waals surface area (Å²) in [7, 11) is 0. The fourth-order valence-electron chi connectivity index (χ4n) is 1.87. The molecule has 0 aliphatic carbocycles. The number of halogens is 2. The van der Waals surface area contributed by atoms with Crippen LogP contribution in [-0.4, -0.2) is 11.9 Å². The topological polar surface area (TPSA) is 38.7 Å². The molecular formula is C16H9BrINO2. The van der Waals surface area contributed by atoms with Crippen LogP contribution >= 0.6 is 38.5 Å². The van der Waals surface area contributed by atoms with Gasteiger partial charge >= 0.3 is 5.97 Å². The summed E-state index contributed by atoms with van der Waals surface area (Å²) in [6, 6.07) is 15.3. The Balaban J connectivity index is 1.93. The molecule has 5 heteroatoms. The highest BCUT2D eigenvalue weighted by atomic mass is 127. The molecule has 0 bridgehead atoms. The van der Waals surface area contributed by atoms with E-state index in [1.54, 1.807) is 6.08 Å². The largest absolute Gasteiger partial charge is 0.402 e. The van der Waals surface area contributed by atoms with Crippen molar-refractivity contribution in [3.8, 4) is 0 Å². The van der Waals surface area contributed by atoms with Gasteiger partial charge in [-0.05, 0) is 64.6 Å². The average Bonchev–Trinajstić information content (AvgIpc) is 2.83. The summed E-state index contributed by atoms with van der Waals surface area (Å²) in [5.74, 6) is -0.0958. The molecule has 3 nitrogen and oxygen atoms in total. The van der Waals surface area contributed by atoms with Gasteiger partial charge in [0.1, 0.15) is 0 Å². The summed E-state index contributed by atoms with van der Waals surface area (Å²) in [5, 5.41) is 0. The molecule has 0 N–H and O–H groups in total. The van der Waals surface area contributed by atoms with Gasteiger partial charge in [0.15, 0.2) is 5.70 Å². The predicted octanol–water partition coefficient (Wildman–Crippen LogP) is 4.40. The molecule has 0 spiro atoms. The van der Waals surface area contributed by atoms with E-state index in [1.165, 1.54) is 0 Å². The summed E-state index contributed by atoms with van der Waals surface area (Å²) in [4.78, 5) is 16.2. The zero-order chi connectivity index (χ0) is 14.8. The monoisotopic (exact) mass is 453 g/mol. The Hall–Kier alpha value is -1.47. The molecule has 0 saturated heterocycles. The number of aliphatic imine (C=N–C) groups is 1. The summed E-state index contributed by atoms with van der Waals surface area (Å²) >= 11 is 5.62. The molecule has 0 amide bonds. The van der Waals surface area contributed by atoms with E-state index in [4.69, 9.17) is 4.74 Å². The van der Waals surface area contributed by atoms with Crippen molar-refractivity contribution < 1.29 is 9.53 Å². The lowest BCUT2D eigenvalue weighted by Gasteiger charge is -1.99. The lowest BCUT2D eigenvalue weighted by atomic mass is 10.2. The van der Waals surface area contributed by atoms with Crippen molar-refractivity contribution in [1.82, 2.24) is 0 Å². The molecular weight excluding hydrogens is 445 g/mol. The Morgan fingerprint density at radius 2 is 1.90 bits per heavy atom. The first-order chi connectivity index (χ1) is 10.1. The highest BCUT2D eigenvalue weighted by molar-refractivity contribution is 14.1. The standard InChI is InChI=1S/C16H9BrINO2/c17-12-3-1-2-11(9-12)15-19-14(16(20)21-15)8-10-4-6-13(18)7-5-10/h1-9H/b14-8+. The van der Waals surface area contributed by atoms with Gasteiger partial charge in [-0.25, -0.2) is 9.79 Å². The van der Waals surface area contributed by atoms with E-state index in [0.717, 1.165) is 19.2 Å². The minimum Gasteiger partial charge on any atom is -0.402 e. The van der Waals surface area contributed by atoms with Gasteiger partial charge in [0, 0.05) is 13.6 Å². The number of rotatable bonds is 2. The van der Waals surface area contributed by atoms with Crippen LogP contribution in [0.1, 0.15) is 11.1 Å². The summed E-state index contributed by atoms with van der Waals surface area (Å²) in [6.07, 6.45) is 1.73. The molecule has 1 heterocycles. The maximum Gasteiger partial charge on any atom is 0.363 e. The number of hydrogen-bond acceptors (Lipinski definition) is 3. The molecule has 0 fully saturated rings. The molecule has 0 saturated carbocycles.